The number of aliphatic imine (C=N–C) groups is 1. The second-order valence-corrected chi connectivity index (χ2v) is 6.77. The smallest absolute Gasteiger partial charge is 0.144 e. The number of hydrogen-bond donors (Lipinski definition) is 1. The van der Waals surface area contributed by atoms with Crippen molar-refractivity contribution in [3.8, 4) is 22.8 Å². The van der Waals surface area contributed by atoms with E-state index in [4.69, 9.17) is 11.7 Å². The lowest BCUT2D eigenvalue weighted by molar-refractivity contribution is 0.366. The predicted molar refractivity (Wildman–Crippen MR) is 120 cm³/mol. The van der Waals surface area contributed by atoms with E-state index in [1.54, 1.807) is 24.6 Å². The maximum absolute atomic E-state index is 9.79. The first-order valence-corrected chi connectivity index (χ1v) is 11.4. The Hall–Kier alpha value is -1.32. The van der Waals surface area contributed by atoms with Gasteiger partial charge in [0, 0.05) is 25.0 Å². The molecule has 0 spiro atoms. The van der Waals surface area contributed by atoms with Gasteiger partial charge in [-0.15, -0.1) is 6.42 Å². The second-order valence-electron chi connectivity index (χ2n) is 4.37. The van der Waals surface area contributed by atoms with Crippen molar-refractivity contribution in [1.29, 1.82) is 5.26 Å². The molecule has 0 aliphatic carbocycles. The minimum atomic E-state index is 0.102. The van der Waals surface area contributed by atoms with Crippen LogP contribution >= 0.6 is 35.3 Å². The molecule has 26 heavy (non-hydrogen) atoms. The van der Waals surface area contributed by atoms with Crippen molar-refractivity contribution in [3.63, 3.8) is 0 Å². The molecule has 0 bridgehead atoms. The summed E-state index contributed by atoms with van der Waals surface area (Å²) in [5, 5.41) is 22.3. The van der Waals surface area contributed by atoms with Gasteiger partial charge >= 0.3 is 0 Å². The van der Waals surface area contributed by atoms with E-state index in [0.717, 1.165) is 42.4 Å². The van der Waals surface area contributed by atoms with Gasteiger partial charge in [0.2, 0.25) is 0 Å². The van der Waals surface area contributed by atoms with Crippen molar-refractivity contribution in [2.24, 2.45) is 4.99 Å². The predicted octanol–water partition coefficient (Wildman–Crippen LogP) is 4.01. The maximum Gasteiger partial charge on any atom is 0.144 e. The number of pyridine rings is 1. The summed E-state index contributed by atoms with van der Waals surface area (Å²) in [7, 11) is 2.07. The Kier molecular flexibility index (Phi) is 20.7. The van der Waals surface area contributed by atoms with E-state index in [0.29, 0.717) is 17.3 Å². The number of hydrogen-bond acceptors (Lipinski definition) is 8. The van der Waals surface area contributed by atoms with Crippen LogP contribution in [0.1, 0.15) is 19.5 Å². The van der Waals surface area contributed by atoms with Gasteiger partial charge in [0.05, 0.1) is 6.54 Å². The molecule has 0 saturated carbocycles. The Balaban J connectivity index is 0. The lowest BCUT2D eigenvalue weighted by atomic mass is 10.3. The fourth-order valence-corrected chi connectivity index (χ4v) is 2.47. The van der Waals surface area contributed by atoms with E-state index in [1.165, 1.54) is 0 Å². The zero-order chi connectivity index (χ0) is 20.2. The average Bonchev–Trinajstić information content (AvgIpc) is 2.68. The van der Waals surface area contributed by atoms with Gasteiger partial charge in [-0.05, 0) is 60.5 Å². The monoisotopic (exact) mass is 412 g/mol. The third-order valence-electron chi connectivity index (χ3n) is 2.65. The fraction of sp³-hybridized carbons (Fsp3) is 0.500. The van der Waals surface area contributed by atoms with Crippen LogP contribution in [0.2, 0.25) is 0 Å². The molecular weight excluding hydrogens is 384 g/mol. The molecule has 0 unspecified atom stereocenters. The van der Waals surface area contributed by atoms with Crippen LogP contribution in [0.3, 0.4) is 0 Å². The molecule has 144 valence electrons. The summed E-state index contributed by atoms with van der Waals surface area (Å²) < 4.78 is 0. The molecule has 0 amide bonds. The molecule has 0 radical (unpaired) electrons. The molecule has 0 saturated heterocycles. The number of aromatic hydroxyl groups is 1. The highest BCUT2D eigenvalue weighted by Crippen LogP contribution is 2.19. The Labute approximate surface area is 171 Å². The Morgan fingerprint density at radius 3 is 2.54 bits per heavy atom. The average molecular weight is 413 g/mol. The van der Waals surface area contributed by atoms with Gasteiger partial charge in [0.15, 0.2) is 0 Å². The topological polar surface area (TPSA) is 72.5 Å². The van der Waals surface area contributed by atoms with Gasteiger partial charge in [-0.25, -0.2) is 0 Å². The number of thiocyanates is 1. The van der Waals surface area contributed by atoms with Crippen molar-refractivity contribution < 1.29 is 5.11 Å². The lowest BCUT2D eigenvalue weighted by Gasteiger charge is -2.14. The summed E-state index contributed by atoms with van der Waals surface area (Å²) in [6, 6.07) is 3.26. The first-order valence-electron chi connectivity index (χ1n) is 8.01. The van der Waals surface area contributed by atoms with Crippen LogP contribution in [0.4, 0.5) is 0 Å². The van der Waals surface area contributed by atoms with Crippen molar-refractivity contribution in [3.05, 3.63) is 24.0 Å². The van der Waals surface area contributed by atoms with Gasteiger partial charge in [0.1, 0.15) is 21.9 Å². The summed E-state index contributed by atoms with van der Waals surface area (Å²) in [5.41, 5.74) is 0.446. The largest absolute Gasteiger partial charge is 0.506 e. The summed E-state index contributed by atoms with van der Waals surface area (Å²) in [6.45, 7) is 6.51. The molecule has 0 fully saturated rings. The standard InChI is InChI=1S/C14H19N3OS2.C2H3NS.C2H6/c1-4-20-14(13-12(18)6-5-7-15-13)16-8-9-17(2)10-11-19-3;1-4-2-3;1-2/h1,5-7,18H,8-11H2,2-3H3;1H3;1-2H3. The fourth-order valence-electron chi connectivity index (χ4n) is 1.45. The number of thioether (sulfide) groups is 3. The van der Waals surface area contributed by atoms with Crippen molar-refractivity contribution in [1.82, 2.24) is 9.88 Å². The van der Waals surface area contributed by atoms with E-state index in [9.17, 15) is 5.11 Å². The van der Waals surface area contributed by atoms with Gasteiger partial charge in [-0.1, -0.05) is 13.8 Å². The van der Waals surface area contributed by atoms with E-state index in [2.05, 4.69) is 33.4 Å². The summed E-state index contributed by atoms with van der Waals surface area (Å²) in [6.07, 6.45) is 10.8. The SMILES string of the molecule is C#CSC(=NCCN(C)CCSC)c1ncccc1O.CC.CSC#N. The molecular formula is C18H28N4OS3. The number of aromatic nitrogens is 1. The van der Waals surface area contributed by atoms with Gasteiger partial charge < -0.3 is 10.0 Å². The van der Waals surface area contributed by atoms with Crippen LogP contribution in [-0.2, 0) is 0 Å². The minimum Gasteiger partial charge on any atom is -0.506 e. The van der Waals surface area contributed by atoms with Crippen molar-refractivity contribution in [2.45, 2.75) is 13.8 Å². The maximum atomic E-state index is 9.79. The molecule has 1 aromatic heterocycles. The summed E-state index contributed by atoms with van der Waals surface area (Å²) in [5.74, 6) is 1.21. The van der Waals surface area contributed by atoms with Gasteiger partial charge in [0.25, 0.3) is 0 Å². The van der Waals surface area contributed by atoms with Gasteiger partial charge in [-0.2, -0.15) is 17.0 Å². The molecule has 1 aromatic rings. The molecule has 1 heterocycles. The Morgan fingerprint density at radius 2 is 2.04 bits per heavy atom. The summed E-state index contributed by atoms with van der Waals surface area (Å²) >= 11 is 4.13. The lowest BCUT2D eigenvalue weighted by Crippen LogP contribution is -2.24. The van der Waals surface area contributed by atoms with E-state index in [1.807, 2.05) is 31.0 Å². The van der Waals surface area contributed by atoms with Crippen LogP contribution in [0.25, 0.3) is 0 Å². The molecule has 1 N–H and O–H groups in total. The molecule has 0 aliphatic rings. The van der Waals surface area contributed by atoms with E-state index >= 15 is 0 Å². The molecule has 1 rings (SSSR count). The first-order chi connectivity index (χ1) is 12.6. The number of nitrogens with zero attached hydrogens (tertiary/aromatic N) is 4. The Morgan fingerprint density at radius 1 is 1.38 bits per heavy atom. The number of terminal acetylenes is 1. The molecule has 0 aliphatic heterocycles. The van der Waals surface area contributed by atoms with Gasteiger partial charge in [-0.3, -0.25) is 9.98 Å². The highest BCUT2D eigenvalue weighted by Gasteiger charge is 2.10. The number of rotatable bonds is 7. The third kappa shape index (κ3) is 13.9. The summed E-state index contributed by atoms with van der Waals surface area (Å²) in [4.78, 5) is 10.8. The highest BCUT2D eigenvalue weighted by molar-refractivity contribution is 8.18. The van der Waals surface area contributed by atoms with Crippen LogP contribution in [-0.4, -0.2) is 65.0 Å². The number of likely N-dealkylation sites (N-methyl/N-ethyl adjacent to an activating group) is 1. The molecule has 0 atom stereocenters. The molecule has 8 heteroatoms. The van der Waals surface area contributed by atoms with Crippen molar-refractivity contribution >= 4 is 40.3 Å². The molecule has 5 nitrogen and oxygen atoms in total. The first kappa shape index (κ1) is 26.9. The van der Waals surface area contributed by atoms with Crippen LogP contribution in [0, 0.1) is 22.3 Å². The third-order valence-corrected chi connectivity index (χ3v) is 4.06. The zero-order valence-electron chi connectivity index (χ0n) is 16.1. The van der Waals surface area contributed by atoms with Crippen LogP contribution < -0.4 is 0 Å². The normalized spacial score (nSPS) is 9.92. The number of nitriles is 1. The quantitative estimate of drug-likeness (QED) is 0.314. The zero-order valence-corrected chi connectivity index (χ0v) is 18.5. The van der Waals surface area contributed by atoms with Crippen LogP contribution in [0.5, 0.6) is 5.75 Å². The van der Waals surface area contributed by atoms with Crippen molar-refractivity contribution in [2.75, 3.05) is 44.9 Å². The minimum absolute atomic E-state index is 0.102. The van der Waals surface area contributed by atoms with E-state index in [-0.39, 0.29) is 5.75 Å². The highest BCUT2D eigenvalue weighted by atomic mass is 32.2. The Bertz CT molecular complexity index is 583. The second kappa shape index (κ2) is 20.0. The van der Waals surface area contributed by atoms with Crippen LogP contribution in [0.15, 0.2) is 23.3 Å². The molecule has 0 aromatic carbocycles. The van der Waals surface area contributed by atoms with E-state index < -0.39 is 0 Å².